The van der Waals surface area contributed by atoms with E-state index >= 15 is 0 Å². The lowest BCUT2D eigenvalue weighted by Gasteiger charge is -2.06. The third kappa shape index (κ3) is 3.58. The smallest absolute Gasteiger partial charge is 0.131 e. The maximum Gasteiger partial charge on any atom is 0.131 e. The zero-order chi connectivity index (χ0) is 12.3. The summed E-state index contributed by atoms with van der Waals surface area (Å²) in [5.41, 5.74) is 0.747. The number of benzene rings is 1. The number of rotatable bonds is 3. The molecule has 0 unspecified atom stereocenters. The molecule has 0 aliphatic carbocycles. The van der Waals surface area contributed by atoms with Gasteiger partial charge in [0.2, 0.25) is 0 Å². The topological polar surface area (TPSA) is 24.9 Å². The fourth-order valence-electron chi connectivity index (χ4n) is 1.41. The lowest BCUT2D eigenvalue weighted by molar-refractivity contribution is 0.626. The molecule has 1 aromatic carbocycles. The van der Waals surface area contributed by atoms with Crippen molar-refractivity contribution in [3.8, 4) is 0 Å². The lowest BCUT2D eigenvalue weighted by Crippen LogP contribution is -2.01. The van der Waals surface area contributed by atoms with Crippen molar-refractivity contribution in [1.29, 1.82) is 0 Å². The van der Waals surface area contributed by atoms with Crippen LogP contribution in [-0.4, -0.2) is 4.98 Å². The summed E-state index contributed by atoms with van der Waals surface area (Å²) in [5, 5.41) is 3.82. The average Bonchev–Trinajstić information content (AvgIpc) is 2.25. The molecule has 2 rings (SSSR count). The van der Waals surface area contributed by atoms with Crippen molar-refractivity contribution in [3.05, 3.63) is 58.0 Å². The van der Waals surface area contributed by atoms with Crippen molar-refractivity contribution in [2.75, 3.05) is 5.32 Å². The molecule has 2 aromatic rings. The molecular weight excluding hydrogens is 262 g/mol. The van der Waals surface area contributed by atoms with Crippen LogP contribution >= 0.6 is 23.2 Å². The van der Waals surface area contributed by atoms with Crippen molar-refractivity contribution in [1.82, 2.24) is 4.98 Å². The van der Waals surface area contributed by atoms with E-state index in [4.69, 9.17) is 23.2 Å². The molecule has 88 valence electrons. The van der Waals surface area contributed by atoms with Crippen LogP contribution in [0.4, 0.5) is 10.2 Å². The van der Waals surface area contributed by atoms with Gasteiger partial charge in [-0.2, -0.15) is 0 Å². The van der Waals surface area contributed by atoms with Crippen LogP contribution in [0.25, 0.3) is 0 Å². The van der Waals surface area contributed by atoms with Gasteiger partial charge in [0.15, 0.2) is 0 Å². The van der Waals surface area contributed by atoms with Gasteiger partial charge < -0.3 is 5.32 Å². The fraction of sp³-hybridized carbons (Fsp3) is 0.0833. The van der Waals surface area contributed by atoms with Gasteiger partial charge in [-0.1, -0.05) is 29.3 Å². The lowest BCUT2D eigenvalue weighted by atomic mass is 10.2. The van der Waals surface area contributed by atoms with Gasteiger partial charge in [-0.3, -0.25) is 0 Å². The van der Waals surface area contributed by atoms with Crippen LogP contribution in [0.5, 0.6) is 0 Å². The van der Waals surface area contributed by atoms with E-state index in [-0.39, 0.29) is 5.82 Å². The summed E-state index contributed by atoms with van der Waals surface area (Å²) < 4.78 is 13.1. The second kappa shape index (κ2) is 5.34. The predicted octanol–water partition coefficient (Wildman–Crippen LogP) is 4.14. The number of nitrogens with one attached hydrogen (secondary N) is 1. The molecule has 0 aliphatic heterocycles. The van der Waals surface area contributed by atoms with Gasteiger partial charge in [0.05, 0.1) is 0 Å². The van der Waals surface area contributed by atoms with Gasteiger partial charge in [-0.15, -0.1) is 0 Å². The second-order valence-electron chi connectivity index (χ2n) is 3.48. The van der Waals surface area contributed by atoms with Gasteiger partial charge in [0.1, 0.15) is 16.8 Å². The molecule has 0 saturated heterocycles. The number of hydrogen-bond donors (Lipinski definition) is 1. The molecule has 1 N–H and O–H groups in total. The van der Waals surface area contributed by atoms with E-state index in [0.717, 1.165) is 5.56 Å². The van der Waals surface area contributed by atoms with Crippen molar-refractivity contribution in [2.45, 2.75) is 6.54 Å². The maximum absolute atomic E-state index is 13.1. The minimum Gasteiger partial charge on any atom is -0.366 e. The van der Waals surface area contributed by atoms with Crippen LogP contribution in [0.1, 0.15) is 5.56 Å². The summed E-state index contributed by atoms with van der Waals surface area (Å²) in [5.74, 6) is 0.284. The van der Waals surface area contributed by atoms with Crippen molar-refractivity contribution in [2.24, 2.45) is 0 Å². The van der Waals surface area contributed by atoms with Crippen molar-refractivity contribution < 1.29 is 4.39 Å². The van der Waals surface area contributed by atoms with E-state index in [9.17, 15) is 4.39 Å². The SMILES string of the molecule is Fc1cc(Cl)cc(CNc2cccc(Cl)n2)c1. The molecule has 1 heterocycles. The molecule has 0 radical (unpaired) electrons. The zero-order valence-electron chi connectivity index (χ0n) is 8.75. The Hall–Kier alpha value is -1.32. The molecular formula is C12H9Cl2FN2. The first-order chi connectivity index (χ1) is 8.13. The predicted molar refractivity (Wildman–Crippen MR) is 68.0 cm³/mol. The second-order valence-corrected chi connectivity index (χ2v) is 4.30. The summed E-state index contributed by atoms with van der Waals surface area (Å²) in [6.07, 6.45) is 0. The molecule has 0 aliphatic rings. The molecule has 0 fully saturated rings. The number of anilines is 1. The molecule has 0 amide bonds. The molecule has 2 nitrogen and oxygen atoms in total. The molecule has 0 atom stereocenters. The highest BCUT2D eigenvalue weighted by Crippen LogP contribution is 2.16. The minimum atomic E-state index is -0.353. The fourth-order valence-corrected chi connectivity index (χ4v) is 1.82. The first kappa shape index (κ1) is 12.1. The van der Waals surface area contributed by atoms with Gasteiger partial charge >= 0.3 is 0 Å². The van der Waals surface area contributed by atoms with Gasteiger partial charge in [0.25, 0.3) is 0 Å². The molecule has 0 saturated carbocycles. The monoisotopic (exact) mass is 270 g/mol. The summed E-state index contributed by atoms with van der Waals surface area (Å²) in [6.45, 7) is 0.435. The molecule has 0 bridgehead atoms. The number of nitrogens with zero attached hydrogens (tertiary/aromatic N) is 1. The van der Waals surface area contributed by atoms with E-state index in [1.807, 2.05) is 0 Å². The molecule has 0 spiro atoms. The van der Waals surface area contributed by atoms with E-state index < -0.39 is 0 Å². The standard InChI is InChI=1S/C12H9Cl2FN2/c13-9-4-8(5-10(15)6-9)7-16-12-3-1-2-11(14)17-12/h1-6H,7H2,(H,16,17). The summed E-state index contributed by atoms with van der Waals surface area (Å²) in [7, 11) is 0. The Bertz CT molecular complexity index is 511. The van der Waals surface area contributed by atoms with Gasteiger partial charge in [0, 0.05) is 11.6 Å². The Kier molecular flexibility index (Phi) is 3.82. The quantitative estimate of drug-likeness (QED) is 0.848. The largest absolute Gasteiger partial charge is 0.366 e. The van der Waals surface area contributed by atoms with Crippen LogP contribution in [0.2, 0.25) is 10.2 Å². The van der Waals surface area contributed by atoms with Crippen LogP contribution < -0.4 is 5.32 Å². The average molecular weight is 271 g/mol. The third-order valence-electron chi connectivity index (χ3n) is 2.11. The first-order valence-electron chi connectivity index (χ1n) is 4.95. The summed E-state index contributed by atoms with van der Waals surface area (Å²) in [4.78, 5) is 4.06. The van der Waals surface area contributed by atoms with Crippen LogP contribution in [0.15, 0.2) is 36.4 Å². The van der Waals surface area contributed by atoms with Crippen LogP contribution in [0.3, 0.4) is 0 Å². The Morgan fingerprint density at radius 1 is 1.18 bits per heavy atom. The number of pyridine rings is 1. The van der Waals surface area contributed by atoms with Crippen LogP contribution in [0, 0.1) is 5.82 Å². The number of halogens is 3. The van der Waals surface area contributed by atoms with Crippen molar-refractivity contribution >= 4 is 29.0 Å². The van der Waals surface area contributed by atoms with E-state index in [1.54, 1.807) is 24.3 Å². The Morgan fingerprint density at radius 2 is 2.00 bits per heavy atom. The molecule has 5 heteroatoms. The summed E-state index contributed by atoms with van der Waals surface area (Å²) >= 11 is 11.5. The highest BCUT2D eigenvalue weighted by atomic mass is 35.5. The zero-order valence-corrected chi connectivity index (χ0v) is 10.3. The molecule has 17 heavy (non-hydrogen) atoms. The highest BCUT2D eigenvalue weighted by molar-refractivity contribution is 6.30. The third-order valence-corrected chi connectivity index (χ3v) is 2.54. The highest BCUT2D eigenvalue weighted by Gasteiger charge is 2.00. The van der Waals surface area contributed by atoms with Crippen molar-refractivity contribution in [3.63, 3.8) is 0 Å². The Morgan fingerprint density at radius 3 is 2.71 bits per heavy atom. The van der Waals surface area contributed by atoms with Gasteiger partial charge in [-0.25, -0.2) is 9.37 Å². The van der Waals surface area contributed by atoms with E-state index in [2.05, 4.69) is 10.3 Å². The number of aromatic nitrogens is 1. The Balaban J connectivity index is 2.07. The van der Waals surface area contributed by atoms with E-state index in [0.29, 0.717) is 22.5 Å². The minimum absolute atomic E-state index is 0.353. The maximum atomic E-state index is 13.1. The number of hydrogen-bond acceptors (Lipinski definition) is 2. The van der Waals surface area contributed by atoms with Gasteiger partial charge in [-0.05, 0) is 35.9 Å². The Labute approximate surface area is 108 Å². The first-order valence-corrected chi connectivity index (χ1v) is 5.70. The van der Waals surface area contributed by atoms with E-state index in [1.165, 1.54) is 12.1 Å². The summed E-state index contributed by atoms with van der Waals surface area (Å²) in [6, 6.07) is 9.64. The van der Waals surface area contributed by atoms with Crippen LogP contribution in [-0.2, 0) is 6.54 Å². The molecule has 1 aromatic heterocycles. The normalized spacial score (nSPS) is 10.3.